The second-order valence-corrected chi connectivity index (χ2v) is 11.1. The van der Waals surface area contributed by atoms with E-state index in [4.69, 9.17) is 18.9 Å². The summed E-state index contributed by atoms with van der Waals surface area (Å²) in [7, 11) is -8.90. The van der Waals surface area contributed by atoms with Crippen LogP contribution >= 0.6 is 15.4 Å². The lowest BCUT2D eigenvalue weighted by Crippen LogP contribution is -2.51. The first kappa shape index (κ1) is 29.0. The maximum absolute atomic E-state index is 12.9. The van der Waals surface area contributed by atoms with Crippen LogP contribution in [-0.4, -0.2) is 75.2 Å². The summed E-state index contributed by atoms with van der Waals surface area (Å²) in [6, 6.07) is -1.08. The number of carbonyl (C=O) groups is 2. The van der Waals surface area contributed by atoms with Crippen LogP contribution in [-0.2, 0) is 37.2 Å². The highest BCUT2D eigenvalue weighted by Gasteiger charge is 2.52. The van der Waals surface area contributed by atoms with Crippen LogP contribution in [0.15, 0.2) is 21.9 Å². The molecular formula is C16H23N3O14P2-2. The van der Waals surface area contributed by atoms with E-state index in [0.29, 0.717) is 0 Å². The number of carboxylic acids is 1. The zero-order valence-corrected chi connectivity index (χ0v) is 20.2. The first-order valence-corrected chi connectivity index (χ1v) is 12.9. The van der Waals surface area contributed by atoms with Crippen molar-refractivity contribution in [3.8, 4) is 0 Å². The topological polar surface area (TPSA) is 259 Å². The second-order valence-electron chi connectivity index (χ2n) is 7.53. The summed E-state index contributed by atoms with van der Waals surface area (Å²) in [5.74, 6) is -3.06. The van der Waals surface area contributed by atoms with Gasteiger partial charge in [0.15, 0.2) is 18.4 Å². The maximum atomic E-state index is 12.9. The Morgan fingerprint density at radius 1 is 1.29 bits per heavy atom. The number of phosphoric acid groups is 1. The predicted octanol–water partition coefficient (Wildman–Crippen LogP) is -3.16. The molecular weight excluding hydrogens is 520 g/mol. The average Bonchev–Trinajstić information content (AvgIpc) is 3.07. The highest BCUT2D eigenvalue weighted by Crippen LogP contribution is 2.48. The minimum Gasteiger partial charge on any atom is -0.778 e. The molecule has 1 aromatic heterocycles. The van der Waals surface area contributed by atoms with E-state index in [9.17, 15) is 43.2 Å². The van der Waals surface area contributed by atoms with E-state index >= 15 is 0 Å². The summed E-state index contributed by atoms with van der Waals surface area (Å²) < 4.78 is 43.9. The van der Waals surface area contributed by atoms with Crippen LogP contribution < -0.4 is 26.4 Å². The van der Waals surface area contributed by atoms with Gasteiger partial charge in [-0.25, -0.2) is 9.59 Å². The summed E-state index contributed by atoms with van der Waals surface area (Å²) >= 11 is 0. The standard InChI is InChI=1S/C16H25N3O14P2/c1-7(2)34(25,26)33-10-11(13(21)17-8(15(22)23)6-31-35(27,28)29)32-14(12(10)30-3)19-5-4-9(20)18-16(19)24/h4-5,7-8,10-12,14H,6H2,1-3H3,(H,17,21)(H,22,23)(H,25,26)(H,18,20,24)(H2,27,28,29)/p-2/t8-,10?,11+,12+,14-/m1/s1. The third kappa shape index (κ3) is 7.39. The van der Waals surface area contributed by atoms with Crippen LogP contribution in [0.25, 0.3) is 0 Å². The third-order valence-corrected chi connectivity index (χ3v) is 7.04. The molecule has 17 nitrogen and oxygen atoms in total. The number of aromatic nitrogens is 2. The monoisotopic (exact) mass is 543 g/mol. The number of phosphoric ester groups is 1. The van der Waals surface area contributed by atoms with Crippen molar-refractivity contribution >= 4 is 27.3 Å². The van der Waals surface area contributed by atoms with E-state index in [1.54, 1.807) is 0 Å². The number of hydrogen-bond donors (Lipinski definition) is 4. The van der Waals surface area contributed by atoms with Crippen LogP contribution in [0.3, 0.4) is 0 Å². The number of carbonyl (C=O) groups excluding carboxylic acids is 1. The average molecular weight is 543 g/mol. The van der Waals surface area contributed by atoms with Gasteiger partial charge in [-0.1, -0.05) is 13.8 Å². The number of carboxylic acid groups (broad SMARTS) is 1. The van der Waals surface area contributed by atoms with Crippen molar-refractivity contribution in [2.45, 2.75) is 50.1 Å². The van der Waals surface area contributed by atoms with E-state index in [1.165, 1.54) is 13.8 Å². The molecule has 198 valence electrons. The maximum Gasteiger partial charge on any atom is 0.330 e. The summed E-state index contributed by atoms with van der Waals surface area (Å²) in [5.41, 5.74) is -2.81. The molecule has 3 unspecified atom stereocenters. The molecule has 1 saturated heterocycles. The van der Waals surface area contributed by atoms with Gasteiger partial charge >= 0.3 is 11.7 Å². The van der Waals surface area contributed by atoms with Gasteiger partial charge in [0.2, 0.25) is 0 Å². The van der Waals surface area contributed by atoms with Crippen molar-refractivity contribution in [1.82, 2.24) is 14.9 Å². The Morgan fingerprint density at radius 3 is 2.40 bits per heavy atom. The molecule has 4 N–H and O–H groups in total. The van der Waals surface area contributed by atoms with Gasteiger partial charge in [-0.3, -0.25) is 23.7 Å². The third-order valence-electron chi connectivity index (χ3n) is 4.77. The molecule has 0 aliphatic carbocycles. The number of ether oxygens (including phenoxy) is 2. The van der Waals surface area contributed by atoms with E-state index in [-0.39, 0.29) is 0 Å². The SMILES string of the molecule is CO[C@H]1C(OP(=O)([O-])C(C)C)[C@@H](C(=O)N[C@H](COP(=O)([O-])O)C(=O)O)O[C@H]1n1ccc(=O)[nH]c1=O. The Kier molecular flexibility index (Phi) is 9.33. The Bertz CT molecular complexity index is 1140. The first-order chi connectivity index (χ1) is 16.1. The molecule has 2 heterocycles. The van der Waals surface area contributed by atoms with Gasteiger partial charge in [-0.2, -0.15) is 0 Å². The van der Waals surface area contributed by atoms with Crippen LogP contribution in [0.4, 0.5) is 0 Å². The molecule has 0 radical (unpaired) electrons. The molecule has 1 fully saturated rings. The fourth-order valence-corrected chi connectivity index (χ4v) is 4.11. The molecule has 19 heteroatoms. The molecule has 0 saturated carbocycles. The minimum atomic E-state index is -5.34. The molecule has 0 bridgehead atoms. The molecule has 1 aromatic rings. The Morgan fingerprint density at radius 2 is 1.91 bits per heavy atom. The van der Waals surface area contributed by atoms with Gasteiger partial charge in [0, 0.05) is 25.0 Å². The lowest BCUT2D eigenvalue weighted by atomic mass is 10.1. The molecule has 2 rings (SSSR count). The van der Waals surface area contributed by atoms with Gasteiger partial charge < -0.3 is 48.2 Å². The van der Waals surface area contributed by atoms with E-state index in [0.717, 1.165) is 23.9 Å². The van der Waals surface area contributed by atoms with Crippen LogP contribution in [0.2, 0.25) is 0 Å². The largest absolute Gasteiger partial charge is 0.778 e. The van der Waals surface area contributed by atoms with Crippen LogP contribution in [0.1, 0.15) is 20.1 Å². The van der Waals surface area contributed by atoms with Crippen molar-refractivity contribution in [2.24, 2.45) is 0 Å². The molecule has 1 aliphatic rings. The number of hydrogen-bond acceptors (Lipinski definition) is 12. The molecule has 35 heavy (non-hydrogen) atoms. The zero-order valence-electron chi connectivity index (χ0n) is 18.5. The van der Waals surface area contributed by atoms with Crippen molar-refractivity contribution in [2.75, 3.05) is 13.7 Å². The number of rotatable bonds is 11. The molecule has 1 aliphatic heterocycles. The quantitative estimate of drug-likeness (QED) is 0.201. The number of methoxy groups -OCH3 is 1. The lowest BCUT2D eigenvalue weighted by Gasteiger charge is -2.33. The van der Waals surface area contributed by atoms with Crippen molar-refractivity contribution in [3.63, 3.8) is 0 Å². The molecule has 1 amide bonds. The Hall–Kier alpha value is -2.20. The number of nitrogens with one attached hydrogen (secondary N) is 2. The molecule has 7 atom stereocenters. The fourth-order valence-electron chi connectivity index (χ4n) is 2.96. The van der Waals surface area contributed by atoms with Gasteiger partial charge in [0.1, 0.15) is 19.8 Å². The highest BCUT2D eigenvalue weighted by atomic mass is 31.2. The summed E-state index contributed by atoms with van der Waals surface area (Å²) in [6.45, 7) is 1.37. The number of aliphatic carboxylic acids is 1. The minimum absolute atomic E-state index is 0.756. The van der Waals surface area contributed by atoms with Crippen molar-refractivity contribution in [3.05, 3.63) is 33.1 Å². The van der Waals surface area contributed by atoms with Gasteiger partial charge in [0.25, 0.3) is 19.3 Å². The van der Waals surface area contributed by atoms with Crippen LogP contribution in [0, 0.1) is 0 Å². The Labute approximate surface area is 196 Å². The van der Waals surface area contributed by atoms with E-state index in [1.807, 2.05) is 10.3 Å². The number of aromatic amines is 1. The van der Waals surface area contributed by atoms with Gasteiger partial charge in [-0.05, 0) is 0 Å². The van der Waals surface area contributed by atoms with Gasteiger partial charge in [-0.15, -0.1) is 0 Å². The summed E-state index contributed by atoms with van der Waals surface area (Å²) in [4.78, 5) is 81.8. The molecule has 0 aromatic carbocycles. The predicted molar refractivity (Wildman–Crippen MR) is 109 cm³/mol. The Balaban J connectivity index is 2.43. The van der Waals surface area contributed by atoms with E-state index in [2.05, 4.69) is 4.52 Å². The van der Waals surface area contributed by atoms with Crippen molar-refractivity contribution < 1.29 is 57.0 Å². The fraction of sp³-hybridized carbons (Fsp3) is 0.625. The normalized spacial score (nSPS) is 26.6. The molecule has 0 spiro atoms. The smallest absolute Gasteiger partial charge is 0.330 e. The number of amides is 1. The number of nitrogens with zero attached hydrogens (tertiary/aromatic N) is 1. The summed E-state index contributed by atoms with van der Waals surface area (Å²) in [6.07, 6.45) is -5.60. The van der Waals surface area contributed by atoms with Crippen molar-refractivity contribution in [1.29, 1.82) is 0 Å². The first-order valence-electron chi connectivity index (χ1n) is 9.77. The lowest BCUT2D eigenvalue weighted by molar-refractivity contribution is -0.220. The summed E-state index contributed by atoms with van der Waals surface area (Å²) in [5, 5.41) is 11.1. The zero-order chi connectivity index (χ0) is 26.7. The van der Waals surface area contributed by atoms with Crippen LogP contribution in [0.5, 0.6) is 0 Å². The highest BCUT2D eigenvalue weighted by molar-refractivity contribution is 7.52. The van der Waals surface area contributed by atoms with E-state index < -0.39 is 81.4 Å². The van der Waals surface area contributed by atoms with Gasteiger partial charge in [0.05, 0.1) is 6.61 Å². The second kappa shape index (κ2) is 11.2. The number of H-pyrrole nitrogens is 1.